The number of hydrogen-bond donors (Lipinski definition) is 3. The number of halogens is 2. The number of likely N-dealkylation sites (tertiary alicyclic amines) is 1. The molecule has 0 aromatic heterocycles. The van der Waals surface area contributed by atoms with Gasteiger partial charge in [-0.05, 0) is 18.4 Å². The molecule has 0 saturated carbocycles. The van der Waals surface area contributed by atoms with E-state index in [1.54, 1.807) is 37.3 Å². The molecule has 3 atom stereocenters. The monoisotopic (exact) mass is 451 g/mol. The molecule has 1 aliphatic rings. The summed E-state index contributed by atoms with van der Waals surface area (Å²) in [4.78, 5) is 38.0. The lowest BCUT2D eigenvalue weighted by molar-refractivity contribution is -0.147. The van der Waals surface area contributed by atoms with Crippen LogP contribution in [0.5, 0.6) is 0 Å². The Kier molecular flexibility index (Phi) is 8.96. The highest BCUT2D eigenvalue weighted by molar-refractivity contribution is 5.90. The van der Waals surface area contributed by atoms with E-state index in [0.717, 1.165) is 0 Å². The molecular formula is C22H27F2N3O5. The molecule has 1 aromatic carbocycles. The van der Waals surface area contributed by atoms with Crippen LogP contribution in [-0.2, 0) is 20.7 Å². The predicted octanol–water partition coefficient (Wildman–Crippen LogP) is 1.08. The fourth-order valence-corrected chi connectivity index (χ4v) is 3.40. The molecule has 0 radical (unpaired) electrons. The lowest BCUT2D eigenvalue weighted by atomic mass is 10.00. The summed E-state index contributed by atoms with van der Waals surface area (Å²) >= 11 is 0. The van der Waals surface area contributed by atoms with Crippen LogP contribution >= 0.6 is 0 Å². The van der Waals surface area contributed by atoms with E-state index < -0.39 is 55.0 Å². The first kappa shape index (κ1) is 25.1. The second-order valence-corrected chi connectivity index (χ2v) is 7.50. The summed E-state index contributed by atoms with van der Waals surface area (Å²) < 4.78 is 32.9. The predicted molar refractivity (Wildman–Crippen MR) is 112 cm³/mol. The van der Waals surface area contributed by atoms with Gasteiger partial charge < -0.3 is 25.4 Å². The van der Waals surface area contributed by atoms with Crippen molar-refractivity contribution >= 4 is 17.9 Å². The zero-order valence-electron chi connectivity index (χ0n) is 17.7. The summed E-state index contributed by atoms with van der Waals surface area (Å²) in [6, 6.07) is 6.01. The molecular weight excluding hydrogens is 424 g/mol. The van der Waals surface area contributed by atoms with Crippen LogP contribution in [-0.4, -0.2) is 71.7 Å². The highest BCUT2D eigenvalue weighted by atomic mass is 19.3. The van der Waals surface area contributed by atoms with Crippen LogP contribution in [0, 0.1) is 12.3 Å². The number of carbonyl (C=O) groups excluding carboxylic acids is 3. The quantitative estimate of drug-likeness (QED) is 0.487. The number of nitrogens with one attached hydrogen (secondary N) is 2. The van der Waals surface area contributed by atoms with Crippen molar-refractivity contribution in [2.24, 2.45) is 0 Å². The number of ether oxygens (including phenoxy) is 1. The number of aliphatic hydroxyl groups is 1. The fraction of sp³-hybridized carbons (Fsp3) is 0.500. The standard InChI is InChI=1S/C22H27F2N3O5/c1-3-10-25-19(29)17-13-22(23,24)14-27(17)20(30)18(28)16(26-21(31)32-11-4-2)12-15-8-6-5-7-9-15/h2,5-9,16-18,28H,3,10-14H2,1H3,(H,25,29)(H,26,31). The van der Waals surface area contributed by atoms with E-state index >= 15 is 0 Å². The summed E-state index contributed by atoms with van der Waals surface area (Å²) in [7, 11) is 0. The molecule has 3 N–H and O–H groups in total. The van der Waals surface area contributed by atoms with Crippen LogP contribution in [0.1, 0.15) is 25.3 Å². The average Bonchev–Trinajstić information content (AvgIpc) is 3.10. The van der Waals surface area contributed by atoms with Gasteiger partial charge in [-0.1, -0.05) is 43.2 Å². The number of carbonyl (C=O) groups is 3. The molecule has 174 valence electrons. The number of aliphatic hydroxyl groups excluding tert-OH is 1. The van der Waals surface area contributed by atoms with Crippen LogP contribution in [0.2, 0.25) is 0 Å². The normalized spacial score (nSPS) is 18.8. The van der Waals surface area contributed by atoms with Gasteiger partial charge >= 0.3 is 6.09 Å². The Balaban J connectivity index is 2.22. The number of rotatable bonds is 9. The lowest BCUT2D eigenvalue weighted by Gasteiger charge is -2.29. The molecule has 3 unspecified atom stereocenters. The average molecular weight is 451 g/mol. The third-order valence-corrected chi connectivity index (χ3v) is 4.93. The summed E-state index contributed by atoms with van der Waals surface area (Å²) in [5, 5.41) is 15.6. The van der Waals surface area contributed by atoms with Gasteiger partial charge in [0, 0.05) is 13.0 Å². The van der Waals surface area contributed by atoms with Crippen molar-refractivity contribution in [1.82, 2.24) is 15.5 Å². The minimum Gasteiger partial charge on any atom is -0.436 e. The summed E-state index contributed by atoms with van der Waals surface area (Å²) in [6.45, 7) is 0.735. The van der Waals surface area contributed by atoms with Crippen LogP contribution in [0.15, 0.2) is 30.3 Å². The molecule has 3 amide bonds. The van der Waals surface area contributed by atoms with Gasteiger partial charge in [-0.2, -0.15) is 0 Å². The maximum Gasteiger partial charge on any atom is 0.408 e. The number of hydrogen-bond acceptors (Lipinski definition) is 5. The highest BCUT2D eigenvalue weighted by Gasteiger charge is 2.51. The van der Waals surface area contributed by atoms with Crippen molar-refractivity contribution in [3.8, 4) is 12.3 Å². The van der Waals surface area contributed by atoms with Gasteiger partial charge in [0.05, 0.1) is 12.6 Å². The van der Waals surface area contributed by atoms with E-state index in [0.29, 0.717) is 16.9 Å². The molecule has 1 fully saturated rings. The van der Waals surface area contributed by atoms with Gasteiger partial charge in [0.15, 0.2) is 12.7 Å². The van der Waals surface area contributed by atoms with Crippen molar-refractivity contribution in [3.63, 3.8) is 0 Å². The number of benzene rings is 1. The third-order valence-electron chi connectivity index (χ3n) is 4.93. The van der Waals surface area contributed by atoms with Gasteiger partial charge in [0.2, 0.25) is 5.91 Å². The summed E-state index contributed by atoms with van der Waals surface area (Å²) in [5.74, 6) is -2.97. The third kappa shape index (κ3) is 6.92. The van der Waals surface area contributed by atoms with Crippen molar-refractivity contribution in [3.05, 3.63) is 35.9 Å². The number of terminal acetylenes is 1. The van der Waals surface area contributed by atoms with Gasteiger partial charge in [-0.25, -0.2) is 13.6 Å². The topological polar surface area (TPSA) is 108 Å². The van der Waals surface area contributed by atoms with Crippen LogP contribution in [0.4, 0.5) is 13.6 Å². The van der Waals surface area contributed by atoms with E-state index in [1.165, 1.54) is 0 Å². The summed E-state index contributed by atoms with van der Waals surface area (Å²) in [5.41, 5.74) is 0.672. The Hall–Kier alpha value is -3.19. The van der Waals surface area contributed by atoms with Gasteiger partial charge in [0.1, 0.15) is 6.04 Å². The molecule has 0 aliphatic carbocycles. The van der Waals surface area contributed by atoms with E-state index in [4.69, 9.17) is 11.2 Å². The van der Waals surface area contributed by atoms with E-state index in [2.05, 4.69) is 16.6 Å². The molecule has 10 heteroatoms. The SMILES string of the molecule is C#CCOC(=O)NC(Cc1ccccc1)C(O)C(=O)N1CC(F)(F)CC1C(=O)NCCC. The van der Waals surface area contributed by atoms with Crippen molar-refractivity contribution in [2.75, 3.05) is 19.7 Å². The van der Waals surface area contributed by atoms with Crippen LogP contribution in [0.3, 0.4) is 0 Å². The molecule has 0 spiro atoms. The number of alkyl halides is 2. The second kappa shape index (κ2) is 11.4. The van der Waals surface area contributed by atoms with Crippen LogP contribution < -0.4 is 10.6 Å². The number of amides is 3. The Bertz CT molecular complexity index is 844. The van der Waals surface area contributed by atoms with Crippen molar-refractivity contribution < 1.29 is 33.0 Å². The first-order valence-electron chi connectivity index (χ1n) is 10.2. The minimum atomic E-state index is -3.28. The number of nitrogens with zero attached hydrogens (tertiary/aromatic N) is 1. The zero-order chi connectivity index (χ0) is 23.7. The molecule has 32 heavy (non-hydrogen) atoms. The molecule has 1 aliphatic heterocycles. The molecule has 1 aromatic rings. The van der Waals surface area contributed by atoms with Gasteiger partial charge in [0.25, 0.3) is 11.8 Å². The first-order chi connectivity index (χ1) is 15.2. The van der Waals surface area contributed by atoms with E-state index in [1.807, 2.05) is 0 Å². The molecule has 1 heterocycles. The maximum atomic E-state index is 14.1. The minimum absolute atomic E-state index is 0.00975. The second-order valence-electron chi connectivity index (χ2n) is 7.50. The fourth-order valence-electron chi connectivity index (χ4n) is 3.40. The maximum absolute atomic E-state index is 14.1. The zero-order valence-corrected chi connectivity index (χ0v) is 17.7. The Morgan fingerprint density at radius 1 is 1.34 bits per heavy atom. The smallest absolute Gasteiger partial charge is 0.408 e. The lowest BCUT2D eigenvalue weighted by Crippen LogP contribution is -2.56. The first-order valence-corrected chi connectivity index (χ1v) is 10.2. The Morgan fingerprint density at radius 3 is 2.66 bits per heavy atom. The molecule has 8 nitrogen and oxygen atoms in total. The van der Waals surface area contributed by atoms with Gasteiger partial charge in [-0.3, -0.25) is 9.59 Å². The number of alkyl carbamates (subject to hydrolysis) is 1. The molecule has 0 bridgehead atoms. The van der Waals surface area contributed by atoms with E-state index in [9.17, 15) is 28.3 Å². The van der Waals surface area contributed by atoms with Crippen molar-refractivity contribution in [1.29, 1.82) is 0 Å². The molecule has 2 rings (SSSR count). The van der Waals surface area contributed by atoms with Crippen LogP contribution in [0.25, 0.3) is 0 Å². The van der Waals surface area contributed by atoms with Crippen molar-refractivity contribution in [2.45, 2.75) is 50.3 Å². The Morgan fingerprint density at radius 2 is 2.03 bits per heavy atom. The Labute approximate surface area is 185 Å². The highest BCUT2D eigenvalue weighted by Crippen LogP contribution is 2.33. The van der Waals surface area contributed by atoms with E-state index in [-0.39, 0.29) is 19.6 Å². The largest absolute Gasteiger partial charge is 0.436 e. The summed E-state index contributed by atoms with van der Waals surface area (Å²) in [6.07, 6.45) is 1.94. The van der Waals surface area contributed by atoms with Gasteiger partial charge in [-0.15, -0.1) is 6.42 Å². The molecule has 1 saturated heterocycles.